The molecule has 1 aliphatic rings. The molecule has 1 rings (SSSR count). The van der Waals surface area contributed by atoms with E-state index in [1.54, 1.807) is 6.92 Å². The molecule has 3 heteroatoms. The summed E-state index contributed by atoms with van der Waals surface area (Å²) in [6, 6.07) is 0. The molecule has 0 aliphatic heterocycles. The molecule has 0 heterocycles. The Morgan fingerprint density at radius 3 is 1.90 bits per heavy atom. The minimum Gasteiger partial charge on any atom is -0.459 e. The zero-order valence-corrected chi connectivity index (χ0v) is 13.9. The second kappa shape index (κ2) is 6.73. The van der Waals surface area contributed by atoms with Crippen LogP contribution in [0.3, 0.4) is 0 Å². The lowest BCUT2D eigenvalue weighted by Gasteiger charge is -2.31. The molecular weight excluding hydrogens is 252 g/mol. The third-order valence-electron chi connectivity index (χ3n) is 4.30. The highest BCUT2D eigenvalue weighted by Crippen LogP contribution is 2.35. The number of esters is 1. The van der Waals surface area contributed by atoms with Gasteiger partial charge in [-0.25, -0.2) is 0 Å². The highest BCUT2D eigenvalue weighted by atomic mass is 16.6. The number of hydrogen-bond acceptors (Lipinski definition) is 3. The molecule has 0 amide bonds. The molecule has 1 unspecified atom stereocenters. The lowest BCUT2D eigenvalue weighted by Crippen LogP contribution is -2.35. The van der Waals surface area contributed by atoms with E-state index in [4.69, 9.17) is 4.74 Å². The smallest absolute Gasteiger partial charge is 0.316 e. The van der Waals surface area contributed by atoms with E-state index >= 15 is 0 Å². The van der Waals surface area contributed by atoms with Crippen LogP contribution in [0.15, 0.2) is 0 Å². The number of carbonyl (C=O) groups is 2. The lowest BCUT2D eigenvalue weighted by atomic mass is 9.74. The number of Topliss-reactive ketones (excluding diaryl/α,β-unsaturated/α-hetero) is 1. The van der Waals surface area contributed by atoms with Gasteiger partial charge in [-0.05, 0) is 65.2 Å². The Morgan fingerprint density at radius 1 is 1.00 bits per heavy atom. The molecule has 0 aromatic carbocycles. The van der Waals surface area contributed by atoms with Crippen LogP contribution in [0.4, 0.5) is 0 Å². The van der Waals surface area contributed by atoms with Crippen molar-refractivity contribution < 1.29 is 14.3 Å². The minimum atomic E-state index is -0.630. The number of ether oxygens (including phenoxy) is 1. The summed E-state index contributed by atoms with van der Waals surface area (Å²) in [4.78, 5) is 24.4. The van der Waals surface area contributed by atoms with Gasteiger partial charge in [-0.1, -0.05) is 13.8 Å². The number of rotatable bonds is 4. The van der Waals surface area contributed by atoms with Crippen LogP contribution in [-0.4, -0.2) is 17.4 Å². The largest absolute Gasteiger partial charge is 0.459 e. The van der Waals surface area contributed by atoms with E-state index in [2.05, 4.69) is 13.8 Å². The molecule has 0 radical (unpaired) electrons. The molecule has 0 saturated heterocycles. The zero-order valence-electron chi connectivity index (χ0n) is 13.9. The molecular formula is C17H30O3. The Labute approximate surface area is 123 Å². The molecule has 0 spiro atoms. The van der Waals surface area contributed by atoms with Crippen LogP contribution in [0.25, 0.3) is 0 Å². The van der Waals surface area contributed by atoms with Crippen molar-refractivity contribution in [1.82, 2.24) is 0 Å². The first-order chi connectivity index (χ1) is 9.11. The summed E-state index contributed by atoms with van der Waals surface area (Å²) in [5, 5.41) is 0. The van der Waals surface area contributed by atoms with Crippen LogP contribution in [0.1, 0.15) is 67.2 Å². The summed E-state index contributed by atoms with van der Waals surface area (Å²) in [7, 11) is 0. The van der Waals surface area contributed by atoms with Crippen molar-refractivity contribution >= 4 is 11.8 Å². The van der Waals surface area contributed by atoms with Crippen LogP contribution in [-0.2, 0) is 14.3 Å². The maximum Gasteiger partial charge on any atom is 0.316 e. The second-order valence-electron chi connectivity index (χ2n) is 7.51. The predicted molar refractivity (Wildman–Crippen MR) is 80.3 cm³/mol. The van der Waals surface area contributed by atoms with Crippen LogP contribution in [0.5, 0.6) is 0 Å². The van der Waals surface area contributed by atoms with Crippen molar-refractivity contribution in [1.29, 1.82) is 0 Å². The van der Waals surface area contributed by atoms with E-state index in [1.165, 1.54) is 0 Å². The third kappa shape index (κ3) is 4.92. The highest BCUT2D eigenvalue weighted by Gasteiger charge is 2.34. The first kappa shape index (κ1) is 17.2. The quantitative estimate of drug-likeness (QED) is 0.578. The van der Waals surface area contributed by atoms with Gasteiger partial charge in [-0.2, -0.15) is 0 Å². The van der Waals surface area contributed by atoms with E-state index in [1.807, 2.05) is 20.8 Å². The Morgan fingerprint density at radius 2 is 1.50 bits per heavy atom. The molecule has 0 bridgehead atoms. The third-order valence-corrected chi connectivity index (χ3v) is 4.30. The molecule has 20 heavy (non-hydrogen) atoms. The van der Waals surface area contributed by atoms with Gasteiger partial charge in [0.2, 0.25) is 0 Å². The molecule has 0 aromatic heterocycles. The van der Waals surface area contributed by atoms with E-state index in [9.17, 15) is 9.59 Å². The number of carbonyl (C=O) groups excluding carboxylic acids is 2. The van der Waals surface area contributed by atoms with Gasteiger partial charge in [0.1, 0.15) is 17.3 Å². The summed E-state index contributed by atoms with van der Waals surface area (Å²) < 4.78 is 5.31. The molecule has 0 aromatic rings. The van der Waals surface area contributed by atoms with Crippen molar-refractivity contribution in [3.63, 3.8) is 0 Å². The molecule has 0 N–H and O–H groups in total. The Hall–Kier alpha value is -0.860. The molecule has 1 saturated carbocycles. The van der Waals surface area contributed by atoms with E-state index in [-0.39, 0.29) is 17.7 Å². The van der Waals surface area contributed by atoms with Crippen LogP contribution in [0.2, 0.25) is 0 Å². The summed E-state index contributed by atoms with van der Waals surface area (Å²) in [5.74, 6) is 0.530. The van der Waals surface area contributed by atoms with Gasteiger partial charge >= 0.3 is 5.97 Å². The highest BCUT2D eigenvalue weighted by molar-refractivity contribution is 5.99. The monoisotopic (exact) mass is 282 g/mol. The van der Waals surface area contributed by atoms with Gasteiger partial charge < -0.3 is 4.74 Å². The minimum absolute atomic E-state index is 0.0486. The maximum absolute atomic E-state index is 12.4. The SMILES string of the molecule is CC(C(=O)OC(C)(C)C)C(=O)C1CCC(C(C)C)CC1. The summed E-state index contributed by atoms with van der Waals surface area (Å²) in [6.07, 6.45) is 4.06. The Balaban J connectivity index is 2.52. The van der Waals surface area contributed by atoms with Crippen molar-refractivity contribution in [3.05, 3.63) is 0 Å². The van der Waals surface area contributed by atoms with Gasteiger partial charge in [0, 0.05) is 5.92 Å². The van der Waals surface area contributed by atoms with Crippen molar-refractivity contribution in [2.45, 2.75) is 72.8 Å². The molecule has 116 valence electrons. The lowest BCUT2D eigenvalue weighted by molar-refractivity contribution is -0.162. The zero-order chi connectivity index (χ0) is 15.5. The predicted octanol–water partition coefficient (Wildman–Crippen LogP) is 4.00. The van der Waals surface area contributed by atoms with Crippen LogP contribution in [0, 0.1) is 23.7 Å². The summed E-state index contributed by atoms with van der Waals surface area (Å²) in [5.41, 5.74) is -0.527. The summed E-state index contributed by atoms with van der Waals surface area (Å²) >= 11 is 0. The normalized spacial score (nSPS) is 25.4. The fourth-order valence-electron chi connectivity index (χ4n) is 2.93. The number of ketones is 1. The number of hydrogen-bond donors (Lipinski definition) is 0. The molecule has 1 atom stereocenters. The Bertz CT molecular complexity index is 344. The second-order valence-corrected chi connectivity index (χ2v) is 7.51. The Kier molecular flexibility index (Phi) is 5.79. The molecule has 3 nitrogen and oxygen atoms in total. The fraction of sp³-hybridized carbons (Fsp3) is 0.882. The van der Waals surface area contributed by atoms with Crippen molar-refractivity contribution in [2.24, 2.45) is 23.7 Å². The first-order valence-corrected chi connectivity index (χ1v) is 7.88. The van der Waals surface area contributed by atoms with Crippen molar-refractivity contribution in [2.75, 3.05) is 0 Å². The standard InChI is InChI=1S/C17H30O3/c1-11(2)13-7-9-14(10-8-13)15(18)12(3)16(19)20-17(4,5)6/h11-14H,7-10H2,1-6H3. The fourth-order valence-corrected chi connectivity index (χ4v) is 2.93. The van der Waals surface area contributed by atoms with E-state index in [0.717, 1.165) is 31.6 Å². The van der Waals surface area contributed by atoms with Gasteiger partial charge in [-0.15, -0.1) is 0 Å². The maximum atomic E-state index is 12.4. The summed E-state index contributed by atoms with van der Waals surface area (Å²) in [6.45, 7) is 11.7. The van der Waals surface area contributed by atoms with Crippen LogP contribution < -0.4 is 0 Å². The average Bonchev–Trinajstić information content (AvgIpc) is 2.35. The van der Waals surface area contributed by atoms with Gasteiger partial charge in [0.15, 0.2) is 0 Å². The van der Waals surface area contributed by atoms with Gasteiger partial charge in [-0.3, -0.25) is 9.59 Å². The van der Waals surface area contributed by atoms with Gasteiger partial charge in [0.25, 0.3) is 0 Å². The topological polar surface area (TPSA) is 43.4 Å². The van der Waals surface area contributed by atoms with Gasteiger partial charge in [0.05, 0.1) is 0 Å². The molecule has 1 fully saturated rings. The van der Waals surface area contributed by atoms with Crippen LogP contribution >= 0.6 is 0 Å². The molecule has 1 aliphatic carbocycles. The van der Waals surface area contributed by atoms with E-state index in [0.29, 0.717) is 5.92 Å². The van der Waals surface area contributed by atoms with E-state index < -0.39 is 11.5 Å². The first-order valence-electron chi connectivity index (χ1n) is 7.88. The van der Waals surface area contributed by atoms with Crippen molar-refractivity contribution in [3.8, 4) is 0 Å². The average molecular weight is 282 g/mol.